The predicted molar refractivity (Wildman–Crippen MR) is 74.7 cm³/mol. The quantitative estimate of drug-likeness (QED) is 0.739. The largest absolute Gasteiger partial charge is 0.496 e. The molecule has 0 aliphatic carbocycles. The summed E-state index contributed by atoms with van der Waals surface area (Å²) in [6, 6.07) is 7.64. The molecule has 0 saturated carbocycles. The van der Waals surface area contributed by atoms with Gasteiger partial charge < -0.3 is 20.1 Å². The average Bonchev–Trinajstić information content (AvgIpc) is 2.45. The number of rotatable bonds is 7. The number of para-hydroxylation sites is 1. The number of ether oxygens (including phenoxy) is 2. The Morgan fingerprint density at radius 2 is 2.00 bits per heavy atom. The van der Waals surface area contributed by atoms with Gasteiger partial charge in [-0.1, -0.05) is 25.1 Å². The van der Waals surface area contributed by atoms with Crippen LogP contribution in [0.3, 0.4) is 0 Å². The van der Waals surface area contributed by atoms with Gasteiger partial charge in [-0.2, -0.15) is 0 Å². The first-order valence-corrected chi connectivity index (χ1v) is 6.32. The van der Waals surface area contributed by atoms with E-state index in [1.54, 1.807) is 14.2 Å². The van der Waals surface area contributed by atoms with Gasteiger partial charge in [0.05, 0.1) is 13.7 Å². The molecule has 1 unspecified atom stereocenters. The highest BCUT2D eigenvalue weighted by molar-refractivity contribution is 5.73. The summed E-state index contributed by atoms with van der Waals surface area (Å²) < 4.78 is 10.2. The van der Waals surface area contributed by atoms with Crippen molar-refractivity contribution >= 4 is 6.03 Å². The predicted octanol–water partition coefficient (Wildman–Crippen LogP) is 1.74. The Morgan fingerprint density at radius 3 is 2.68 bits per heavy atom. The van der Waals surface area contributed by atoms with Crippen LogP contribution >= 0.6 is 0 Å². The molecular weight excluding hydrogens is 244 g/mol. The molecule has 0 aliphatic heterocycles. The van der Waals surface area contributed by atoms with Crippen LogP contribution in [0.25, 0.3) is 0 Å². The minimum absolute atomic E-state index is 0.182. The van der Waals surface area contributed by atoms with Crippen molar-refractivity contribution < 1.29 is 14.3 Å². The minimum Gasteiger partial charge on any atom is -0.496 e. The lowest BCUT2D eigenvalue weighted by atomic mass is 10.0. The fourth-order valence-corrected chi connectivity index (χ4v) is 1.76. The molecule has 19 heavy (non-hydrogen) atoms. The van der Waals surface area contributed by atoms with Crippen LogP contribution in [-0.4, -0.2) is 39.9 Å². The summed E-state index contributed by atoms with van der Waals surface area (Å²) in [5, 5.41) is 5.54. The second-order valence-corrected chi connectivity index (χ2v) is 4.27. The first kappa shape index (κ1) is 15.3. The molecule has 5 nitrogen and oxygen atoms in total. The van der Waals surface area contributed by atoms with Crippen LogP contribution < -0.4 is 15.4 Å². The van der Waals surface area contributed by atoms with Gasteiger partial charge in [0.1, 0.15) is 5.75 Å². The molecule has 0 bridgehead atoms. The number of benzene rings is 1. The van der Waals surface area contributed by atoms with E-state index in [0.717, 1.165) is 11.3 Å². The third kappa shape index (κ3) is 5.18. The van der Waals surface area contributed by atoms with Crippen LogP contribution in [-0.2, 0) is 4.74 Å². The van der Waals surface area contributed by atoms with Crippen LogP contribution in [0.4, 0.5) is 4.79 Å². The summed E-state index contributed by atoms with van der Waals surface area (Å²) in [6.45, 7) is 3.62. The molecule has 2 amide bonds. The van der Waals surface area contributed by atoms with Crippen molar-refractivity contribution in [2.24, 2.45) is 0 Å². The summed E-state index contributed by atoms with van der Waals surface area (Å²) in [5.74, 6) is 1.03. The smallest absolute Gasteiger partial charge is 0.314 e. The van der Waals surface area contributed by atoms with Gasteiger partial charge in [0.25, 0.3) is 0 Å². The van der Waals surface area contributed by atoms with E-state index in [-0.39, 0.29) is 11.9 Å². The summed E-state index contributed by atoms with van der Waals surface area (Å²) in [5.41, 5.74) is 1.09. The summed E-state index contributed by atoms with van der Waals surface area (Å²) in [6.07, 6.45) is 0. The molecule has 2 N–H and O–H groups in total. The normalized spacial score (nSPS) is 11.7. The number of hydrogen-bond donors (Lipinski definition) is 2. The van der Waals surface area contributed by atoms with E-state index in [1.165, 1.54) is 0 Å². The highest BCUT2D eigenvalue weighted by atomic mass is 16.5. The summed E-state index contributed by atoms with van der Waals surface area (Å²) in [4.78, 5) is 11.5. The molecule has 1 aromatic rings. The van der Waals surface area contributed by atoms with Crippen molar-refractivity contribution in [1.82, 2.24) is 10.6 Å². The lowest BCUT2D eigenvalue weighted by Crippen LogP contribution is -2.38. The highest BCUT2D eigenvalue weighted by Crippen LogP contribution is 2.25. The Kier molecular flexibility index (Phi) is 6.74. The molecule has 0 radical (unpaired) electrons. The zero-order valence-electron chi connectivity index (χ0n) is 11.7. The maximum atomic E-state index is 11.5. The molecule has 0 saturated heterocycles. The van der Waals surface area contributed by atoms with E-state index in [0.29, 0.717) is 19.7 Å². The molecule has 0 spiro atoms. The van der Waals surface area contributed by atoms with E-state index in [2.05, 4.69) is 10.6 Å². The standard InChI is InChI=1S/C14H22N2O3/c1-11(10-16-14(17)15-8-9-18-2)12-6-4-5-7-13(12)19-3/h4-7,11H,8-10H2,1-3H3,(H2,15,16,17). The van der Waals surface area contributed by atoms with Crippen LogP contribution in [0.15, 0.2) is 24.3 Å². The van der Waals surface area contributed by atoms with E-state index >= 15 is 0 Å². The Labute approximate surface area is 114 Å². The van der Waals surface area contributed by atoms with Crippen molar-refractivity contribution in [1.29, 1.82) is 0 Å². The van der Waals surface area contributed by atoms with Crippen molar-refractivity contribution in [3.8, 4) is 5.75 Å². The topological polar surface area (TPSA) is 59.6 Å². The first-order valence-electron chi connectivity index (χ1n) is 6.32. The van der Waals surface area contributed by atoms with E-state index in [9.17, 15) is 4.79 Å². The molecule has 5 heteroatoms. The maximum absolute atomic E-state index is 11.5. The van der Waals surface area contributed by atoms with Crippen molar-refractivity contribution in [2.75, 3.05) is 33.9 Å². The van der Waals surface area contributed by atoms with Crippen LogP contribution in [0, 0.1) is 0 Å². The van der Waals surface area contributed by atoms with Crippen LogP contribution in [0.2, 0.25) is 0 Å². The SMILES string of the molecule is COCCNC(=O)NCC(C)c1ccccc1OC. The van der Waals surface area contributed by atoms with Gasteiger partial charge in [-0.25, -0.2) is 4.79 Å². The molecule has 1 atom stereocenters. The number of nitrogens with one attached hydrogen (secondary N) is 2. The van der Waals surface area contributed by atoms with Gasteiger partial charge in [-0.15, -0.1) is 0 Å². The Bertz CT molecular complexity index is 396. The summed E-state index contributed by atoms with van der Waals surface area (Å²) >= 11 is 0. The Morgan fingerprint density at radius 1 is 1.26 bits per heavy atom. The van der Waals surface area contributed by atoms with E-state index in [4.69, 9.17) is 9.47 Å². The van der Waals surface area contributed by atoms with Crippen molar-refractivity contribution in [3.63, 3.8) is 0 Å². The molecule has 1 aromatic carbocycles. The second kappa shape index (κ2) is 8.37. The molecule has 0 aromatic heterocycles. The van der Waals surface area contributed by atoms with Gasteiger partial charge in [0.2, 0.25) is 0 Å². The molecule has 0 heterocycles. The van der Waals surface area contributed by atoms with Crippen LogP contribution in [0.1, 0.15) is 18.4 Å². The molecule has 106 valence electrons. The Hall–Kier alpha value is -1.75. The Balaban J connectivity index is 2.42. The minimum atomic E-state index is -0.182. The van der Waals surface area contributed by atoms with Gasteiger partial charge in [-0.3, -0.25) is 0 Å². The maximum Gasteiger partial charge on any atom is 0.314 e. The highest BCUT2D eigenvalue weighted by Gasteiger charge is 2.11. The third-order valence-electron chi connectivity index (χ3n) is 2.83. The van der Waals surface area contributed by atoms with Crippen LogP contribution in [0.5, 0.6) is 5.75 Å². The fourth-order valence-electron chi connectivity index (χ4n) is 1.76. The monoisotopic (exact) mass is 266 g/mol. The van der Waals surface area contributed by atoms with Gasteiger partial charge in [0.15, 0.2) is 0 Å². The number of carbonyl (C=O) groups excluding carboxylic acids is 1. The van der Waals surface area contributed by atoms with Crippen molar-refractivity contribution in [2.45, 2.75) is 12.8 Å². The van der Waals surface area contributed by atoms with Gasteiger partial charge >= 0.3 is 6.03 Å². The number of hydrogen-bond acceptors (Lipinski definition) is 3. The van der Waals surface area contributed by atoms with E-state index < -0.39 is 0 Å². The van der Waals surface area contributed by atoms with Gasteiger partial charge in [0, 0.05) is 26.1 Å². The van der Waals surface area contributed by atoms with Gasteiger partial charge in [-0.05, 0) is 11.6 Å². The van der Waals surface area contributed by atoms with E-state index in [1.807, 2.05) is 31.2 Å². The summed E-state index contributed by atoms with van der Waals surface area (Å²) in [7, 11) is 3.25. The zero-order chi connectivity index (χ0) is 14.1. The first-order chi connectivity index (χ1) is 9.19. The number of carbonyl (C=O) groups is 1. The second-order valence-electron chi connectivity index (χ2n) is 4.27. The van der Waals surface area contributed by atoms with Crippen molar-refractivity contribution in [3.05, 3.63) is 29.8 Å². The third-order valence-corrected chi connectivity index (χ3v) is 2.83. The number of methoxy groups -OCH3 is 2. The average molecular weight is 266 g/mol. The lowest BCUT2D eigenvalue weighted by Gasteiger charge is -2.16. The lowest BCUT2D eigenvalue weighted by molar-refractivity contribution is 0.196. The molecule has 0 fully saturated rings. The molecule has 1 rings (SSSR count). The zero-order valence-corrected chi connectivity index (χ0v) is 11.7. The fraction of sp³-hybridized carbons (Fsp3) is 0.500. The number of amides is 2. The molecule has 0 aliphatic rings. The number of urea groups is 1. The molecular formula is C14H22N2O3.